The second-order valence-corrected chi connectivity index (χ2v) is 5.02. The summed E-state index contributed by atoms with van der Waals surface area (Å²) in [5.74, 6) is 0.566. The van der Waals surface area contributed by atoms with Crippen molar-refractivity contribution in [2.24, 2.45) is 5.73 Å². The molecule has 5 nitrogen and oxygen atoms in total. The van der Waals surface area contributed by atoms with Crippen molar-refractivity contribution in [1.82, 2.24) is 4.90 Å². The summed E-state index contributed by atoms with van der Waals surface area (Å²) in [7, 11) is 0. The van der Waals surface area contributed by atoms with Crippen LogP contribution in [0.1, 0.15) is 19.8 Å². The molecule has 0 bridgehead atoms. The predicted molar refractivity (Wildman–Crippen MR) is 63.3 cm³/mol. The highest BCUT2D eigenvalue weighted by Gasteiger charge is 2.30. The summed E-state index contributed by atoms with van der Waals surface area (Å²) < 4.78 is 0. The highest BCUT2D eigenvalue weighted by molar-refractivity contribution is 7.99. The zero-order valence-corrected chi connectivity index (χ0v) is 10.2. The van der Waals surface area contributed by atoms with Gasteiger partial charge in [0.1, 0.15) is 0 Å². The quantitative estimate of drug-likeness (QED) is 0.737. The Morgan fingerprint density at radius 2 is 2.31 bits per heavy atom. The van der Waals surface area contributed by atoms with Crippen molar-refractivity contribution < 1.29 is 14.7 Å². The van der Waals surface area contributed by atoms with Gasteiger partial charge in [-0.1, -0.05) is 6.92 Å². The van der Waals surface area contributed by atoms with Crippen LogP contribution >= 0.6 is 11.8 Å². The van der Waals surface area contributed by atoms with Crippen LogP contribution in [0.3, 0.4) is 0 Å². The lowest BCUT2D eigenvalue weighted by Gasteiger charge is -2.36. The minimum atomic E-state index is -0.865. The number of amides is 1. The number of aliphatic carboxylic acids is 1. The fraction of sp³-hybridized carbons (Fsp3) is 0.800. The molecular formula is C10H18N2O3S. The van der Waals surface area contributed by atoms with Crippen LogP contribution in [0.25, 0.3) is 0 Å². The molecule has 1 rings (SSSR count). The van der Waals surface area contributed by atoms with E-state index < -0.39 is 12.0 Å². The lowest BCUT2D eigenvalue weighted by Crippen LogP contribution is -2.52. The standard InChI is InChI=1S/C10H18N2O3S/c1-2-8(11)10(15)12-3-4-16-6-7(12)5-9(13)14/h7-8H,2-6,11H2,1H3,(H,13,14)/t7?,8-/m1/s1. The Kier molecular flexibility index (Phi) is 5.08. The van der Waals surface area contributed by atoms with Crippen LogP contribution < -0.4 is 5.73 Å². The van der Waals surface area contributed by atoms with Crippen LogP contribution in [0.15, 0.2) is 0 Å². The molecular weight excluding hydrogens is 228 g/mol. The summed E-state index contributed by atoms with van der Waals surface area (Å²) in [5, 5.41) is 8.78. The molecule has 1 unspecified atom stereocenters. The van der Waals surface area contributed by atoms with Crippen molar-refractivity contribution >= 4 is 23.6 Å². The smallest absolute Gasteiger partial charge is 0.305 e. The van der Waals surface area contributed by atoms with E-state index in [-0.39, 0.29) is 18.4 Å². The largest absolute Gasteiger partial charge is 0.481 e. The predicted octanol–water partition coefficient (Wildman–Crippen LogP) is 0.142. The topological polar surface area (TPSA) is 83.6 Å². The Hall–Kier alpha value is -0.750. The number of nitrogens with zero attached hydrogens (tertiary/aromatic N) is 1. The molecule has 0 aromatic heterocycles. The number of carbonyl (C=O) groups excluding carboxylic acids is 1. The van der Waals surface area contributed by atoms with E-state index in [1.807, 2.05) is 6.92 Å². The second kappa shape index (κ2) is 6.10. The third-order valence-electron chi connectivity index (χ3n) is 2.68. The molecule has 0 aromatic rings. The number of carboxylic acids is 1. The van der Waals surface area contributed by atoms with Crippen LogP contribution in [-0.4, -0.2) is 52.0 Å². The average Bonchev–Trinajstić information content (AvgIpc) is 2.27. The summed E-state index contributed by atoms with van der Waals surface area (Å²) in [6, 6.07) is -0.708. The van der Waals surface area contributed by atoms with Crippen LogP contribution in [0.5, 0.6) is 0 Å². The van der Waals surface area contributed by atoms with E-state index in [9.17, 15) is 9.59 Å². The maximum atomic E-state index is 11.9. The monoisotopic (exact) mass is 246 g/mol. The van der Waals surface area contributed by atoms with Gasteiger partial charge in [0.2, 0.25) is 5.91 Å². The highest BCUT2D eigenvalue weighted by atomic mass is 32.2. The Balaban J connectivity index is 2.65. The Morgan fingerprint density at radius 3 is 2.88 bits per heavy atom. The van der Waals surface area contributed by atoms with Gasteiger partial charge in [-0.3, -0.25) is 9.59 Å². The zero-order valence-electron chi connectivity index (χ0n) is 9.39. The van der Waals surface area contributed by atoms with Gasteiger partial charge in [-0.2, -0.15) is 11.8 Å². The number of carboxylic acid groups (broad SMARTS) is 1. The molecule has 1 heterocycles. The van der Waals surface area contributed by atoms with Crippen molar-refractivity contribution in [3.63, 3.8) is 0 Å². The number of thioether (sulfide) groups is 1. The van der Waals surface area contributed by atoms with E-state index in [4.69, 9.17) is 10.8 Å². The van der Waals surface area contributed by atoms with Gasteiger partial charge < -0.3 is 15.7 Å². The first-order valence-electron chi connectivity index (χ1n) is 5.41. The first kappa shape index (κ1) is 13.3. The molecule has 3 N–H and O–H groups in total. The molecule has 2 atom stereocenters. The van der Waals surface area contributed by atoms with Gasteiger partial charge in [0.25, 0.3) is 0 Å². The number of carbonyl (C=O) groups is 2. The molecule has 0 spiro atoms. The molecule has 0 aliphatic carbocycles. The van der Waals surface area contributed by atoms with Gasteiger partial charge in [0.15, 0.2) is 0 Å². The maximum Gasteiger partial charge on any atom is 0.305 e. The van der Waals surface area contributed by atoms with Gasteiger partial charge in [-0.15, -0.1) is 0 Å². The average molecular weight is 246 g/mol. The van der Waals surface area contributed by atoms with E-state index in [1.54, 1.807) is 16.7 Å². The molecule has 0 saturated carbocycles. The number of rotatable bonds is 4. The molecule has 1 aliphatic heterocycles. The SMILES string of the molecule is CC[C@@H](N)C(=O)N1CCSCC1CC(=O)O. The zero-order chi connectivity index (χ0) is 12.1. The third kappa shape index (κ3) is 3.38. The number of hydrogen-bond donors (Lipinski definition) is 2. The van der Waals surface area contributed by atoms with Crippen LogP contribution in [-0.2, 0) is 9.59 Å². The molecule has 92 valence electrons. The molecule has 1 fully saturated rings. The molecule has 0 radical (unpaired) electrons. The maximum absolute atomic E-state index is 11.9. The van der Waals surface area contributed by atoms with Crippen molar-refractivity contribution in [3.8, 4) is 0 Å². The summed E-state index contributed by atoms with van der Waals surface area (Å²) in [6.07, 6.45) is 0.595. The van der Waals surface area contributed by atoms with Gasteiger partial charge >= 0.3 is 5.97 Å². The van der Waals surface area contributed by atoms with E-state index in [0.717, 1.165) is 5.75 Å². The van der Waals surface area contributed by atoms with E-state index in [2.05, 4.69) is 0 Å². The third-order valence-corrected chi connectivity index (χ3v) is 3.77. The fourth-order valence-electron chi connectivity index (χ4n) is 1.70. The summed E-state index contributed by atoms with van der Waals surface area (Å²) in [6.45, 7) is 2.46. The highest BCUT2D eigenvalue weighted by Crippen LogP contribution is 2.20. The summed E-state index contributed by atoms with van der Waals surface area (Å²) in [5.41, 5.74) is 5.69. The Morgan fingerprint density at radius 1 is 1.62 bits per heavy atom. The Labute approximate surface area is 99.4 Å². The lowest BCUT2D eigenvalue weighted by molar-refractivity contribution is -0.140. The molecule has 6 heteroatoms. The van der Waals surface area contributed by atoms with Gasteiger partial charge in [0, 0.05) is 18.1 Å². The van der Waals surface area contributed by atoms with Crippen molar-refractivity contribution in [3.05, 3.63) is 0 Å². The fourth-order valence-corrected chi connectivity index (χ4v) is 2.77. The van der Waals surface area contributed by atoms with Gasteiger partial charge in [-0.05, 0) is 6.42 Å². The van der Waals surface area contributed by atoms with Crippen molar-refractivity contribution in [2.75, 3.05) is 18.1 Å². The first-order valence-corrected chi connectivity index (χ1v) is 6.57. The Bertz CT molecular complexity index is 273. The summed E-state index contributed by atoms with van der Waals surface area (Å²) in [4.78, 5) is 24.3. The van der Waals surface area contributed by atoms with Crippen LogP contribution in [0, 0.1) is 0 Å². The normalized spacial score (nSPS) is 22.9. The summed E-state index contributed by atoms with van der Waals surface area (Å²) >= 11 is 1.69. The molecule has 1 aliphatic rings. The lowest BCUT2D eigenvalue weighted by atomic mass is 10.1. The molecule has 16 heavy (non-hydrogen) atoms. The van der Waals surface area contributed by atoms with E-state index >= 15 is 0 Å². The van der Waals surface area contributed by atoms with Gasteiger partial charge in [0.05, 0.1) is 18.5 Å². The molecule has 1 amide bonds. The van der Waals surface area contributed by atoms with Crippen LogP contribution in [0.2, 0.25) is 0 Å². The second-order valence-electron chi connectivity index (χ2n) is 3.87. The molecule has 1 saturated heterocycles. The van der Waals surface area contributed by atoms with E-state index in [1.165, 1.54) is 0 Å². The van der Waals surface area contributed by atoms with Crippen molar-refractivity contribution in [1.29, 1.82) is 0 Å². The van der Waals surface area contributed by atoms with Crippen molar-refractivity contribution in [2.45, 2.75) is 31.8 Å². The minimum Gasteiger partial charge on any atom is -0.481 e. The number of hydrogen-bond acceptors (Lipinski definition) is 4. The van der Waals surface area contributed by atoms with Crippen LogP contribution in [0.4, 0.5) is 0 Å². The van der Waals surface area contributed by atoms with E-state index in [0.29, 0.717) is 18.7 Å². The minimum absolute atomic E-state index is 0.00910. The first-order chi connectivity index (χ1) is 7.56. The van der Waals surface area contributed by atoms with Gasteiger partial charge in [-0.25, -0.2) is 0 Å². The molecule has 0 aromatic carbocycles. The number of nitrogens with two attached hydrogens (primary N) is 1.